The van der Waals surface area contributed by atoms with Gasteiger partial charge in [-0.15, -0.1) is 4.40 Å². The zero-order valence-corrected chi connectivity index (χ0v) is 19.9. The largest absolute Gasteiger partial charge is 0.362 e. The van der Waals surface area contributed by atoms with Gasteiger partial charge in [0.2, 0.25) is 5.91 Å². The van der Waals surface area contributed by atoms with E-state index in [1.165, 1.54) is 24.3 Å². The van der Waals surface area contributed by atoms with Gasteiger partial charge in [-0.05, 0) is 42.2 Å². The molecule has 2 aromatic rings. The van der Waals surface area contributed by atoms with Crippen molar-refractivity contribution < 1.29 is 18.0 Å². The third-order valence-electron chi connectivity index (χ3n) is 5.27. The maximum absolute atomic E-state index is 13.0. The summed E-state index contributed by atoms with van der Waals surface area (Å²) in [5.74, 6) is 0.0787. The fraction of sp³-hybridized carbons (Fsp3) is 0.375. The third-order valence-corrected chi connectivity index (χ3v) is 6.59. The maximum Gasteiger partial charge on any atom is 0.283 e. The lowest BCUT2D eigenvalue weighted by atomic mass is 10.0. The highest BCUT2D eigenvalue weighted by Gasteiger charge is 2.24. The molecule has 3 rings (SSSR count). The van der Waals surface area contributed by atoms with E-state index in [0.717, 1.165) is 13.0 Å². The van der Waals surface area contributed by atoms with Crippen LogP contribution in [0.5, 0.6) is 0 Å². The van der Waals surface area contributed by atoms with Gasteiger partial charge in [0.15, 0.2) is 0 Å². The molecule has 0 saturated carbocycles. The van der Waals surface area contributed by atoms with Crippen LogP contribution in [0.2, 0.25) is 0 Å². The number of hydrogen-bond donors (Lipinski definition) is 2. The zero-order valence-electron chi connectivity index (χ0n) is 19.1. The molecule has 1 aliphatic rings. The molecular weight excluding hydrogens is 440 g/mol. The predicted octanol–water partition coefficient (Wildman–Crippen LogP) is 3.34. The van der Waals surface area contributed by atoms with Crippen LogP contribution in [-0.2, 0) is 19.6 Å². The van der Waals surface area contributed by atoms with E-state index in [1.807, 2.05) is 31.9 Å². The SMILES string of the molecule is CC(C)CC(=O)NC(C(=O)Nc1ccc(S(=O)(=O)/N=C2/CCCN2C)cc1)c1ccccc1. The molecule has 0 spiro atoms. The summed E-state index contributed by atoms with van der Waals surface area (Å²) in [7, 11) is -2.01. The Morgan fingerprint density at radius 2 is 1.73 bits per heavy atom. The Morgan fingerprint density at radius 3 is 2.30 bits per heavy atom. The molecule has 33 heavy (non-hydrogen) atoms. The third kappa shape index (κ3) is 6.64. The van der Waals surface area contributed by atoms with Crippen LogP contribution in [0.3, 0.4) is 0 Å². The second-order valence-electron chi connectivity index (χ2n) is 8.53. The molecule has 0 aromatic heterocycles. The Kier molecular flexibility index (Phi) is 7.86. The molecule has 1 unspecified atom stereocenters. The summed E-state index contributed by atoms with van der Waals surface area (Å²) in [4.78, 5) is 27.2. The monoisotopic (exact) mass is 470 g/mol. The van der Waals surface area contributed by atoms with Crippen molar-refractivity contribution in [3.05, 3.63) is 60.2 Å². The van der Waals surface area contributed by atoms with Crippen molar-refractivity contribution in [1.82, 2.24) is 10.2 Å². The molecule has 2 N–H and O–H groups in total. The number of nitrogens with one attached hydrogen (secondary N) is 2. The fourth-order valence-corrected chi connectivity index (χ4v) is 4.66. The number of likely N-dealkylation sites (tertiary alicyclic amines) is 1. The van der Waals surface area contributed by atoms with Gasteiger partial charge in [-0.1, -0.05) is 44.2 Å². The van der Waals surface area contributed by atoms with Crippen molar-refractivity contribution in [2.45, 2.75) is 44.0 Å². The van der Waals surface area contributed by atoms with Crippen LogP contribution in [0.4, 0.5) is 5.69 Å². The number of sulfonamides is 1. The number of benzene rings is 2. The van der Waals surface area contributed by atoms with E-state index in [0.29, 0.717) is 29.9 Å². The lowest BCUT2D eigenvalue weighted by Crippen LogP contribution is -2.37. The minimum Gasteiger partial charge on any atom is -0.362 e. The smallest absolute Gasteiger partial charge is 0.283 e. The lowest BCUT2D eigenvalue weighted by Gasteiger charge is -2.19. The van der Waals surface area contributed by atoms with Crippen molar-refractivity contribution in [3.8, 4) is 0 Å². The quantitative estimate of drug-likeness (QED) is 0.615. The summed E-state index contributed by atoms with van der Waals surface area (Å²) < 4.78 is 29.2. The Morgan fingerprint density at radius 1 is 1.06 bits per heavy atom. The number of nitrogens with zero attached hydrogens (tertiary/aromatic N) is 2. The van der Waals surface area contributed by atoms with Crippen LogP contribution >= 0.6 is 0 Å². The van der Waals surface area contributed by atoms with E-state index in [4.69, 9.17) is 0 Å². The van der Waals surface area contributed by atoms with Gasteiger partial charge in [-0.2, -0.15) is 8.42 Å². The van der Waals surface area contributed by atoms with E-state index < -0.39 is 22.0 Å². The number of rotatable bonds is 8. The minimum absolute atomic E-state index is 0.0538. The molecule has 176 valence electrons. The number of amides is 2. The average Bonchev–Trinajstić information content (AvgIpc) is 3.16. The van der Waals surface area contributed by atoms with Crippen molar-refractivity contribution in [2.75, 3.05) is 18.9 Å². The van der Waals surface area contributed by atoms with E-state index in [2.05, 4.69) is 15.0 Å². The number of carbonyl (C=O) groups excluding carboxylic acids is 2. The average molecular weight is 471 g/mol. The maximum atomic E-state index is 13.0. The molecule has 8 nitrogen and oxygen atoms in total. The first-order valence-corrected chi connectivity index (χ1v) is 12.4. The molecular formula is C24H30N4O4S. The minimum atomic E-state index is -3.83. The van der Waals surface area contributed by atoms with Gasteiger partial charge in [-0.25, -0.2) is 0 Å². The summed E-state index contributed by atoms with van der Waals surface area (Å²) in [6.07, 6.45) is 1.82. The van der Waals surface area contributed by atoms with Crippen molar-refractivity contribution in [2.24, 2.45) is 10.3 Å². The standard InChI is InChI=1S/C24H30N4O4S/c1-17(2)16-22(29)26-23(18-8-5-4-6-9-18)24(30)25-19-11-13-20(14-12-19)33(31,32)27-21-10-7-15-28(21)3/h4-6,8-9,11-14,17,23H,7,10,15-16H2,1-3H3,(H,25,30)(H,26,29)/b27-21-. The Hall–Kier alpha value is -3.20. The number of amidine groups is 1. The highest BCUT2D eigenvalue weighted by Crippen LogP contribution is 2.21. The summed E-state index contributed by atoms with van der Waals surface area (Å²) in [5, 5.41) is 5.56. The molecule has 1 aliphatic heterocycles. The number of anilines is 1. The van der Waals surface area contributed by atoms with Crippen LogP contribution in [0, 0.1) is 5.92 Å². The van der Waals surface area contributed by atoms with E-state index in [-0.39, 0.29) is 16.7 Å². The summed E-state index contributed by atoms with van der Waals surface area (Å²) in [6.45, 7) is 4.65. The molecule has 0 radical (unpaired) electrons. The Balaban J connectivity index is 1.75. The molecule has 1 heterocycles. The number of carbonyl (C=O) groups is 2. The van der Waals surface area contributed by atoms with Gasteiger partial charge < -0.3 is 15.5 Å². The first-order chi connectivity index (χ1) is 15.7. The van der Waals surface area contributed by atoms with Crippen LogP contribution in [0.25, 0.3) is 0 Å². The van der Waals surface area contributed by atoms with Crippen LogP contribution in [0.1, 0.15) is 44.7 Å². The highest BCUT2D eigenvalue weighted by atomic mass is 32.2. The molecule has 0 bridgehead atoms. The van der Waals surface area contributed by atoms with Gasteiger partial charge in [0, 0.05) is 32.1 Å². The molecule has 1 atom stereocenters. The van der Waals surface area contributed by atoms with Crippen molar-refractivity contribution in [3.63, 3.8) is 0 Å². The summed E-state index contributed by atoms with van der Waals surface area (Å²) >= 11 is 0. The summed E-state index contributed by atoms with van der Waals surface area (Å²) in [6, 6.07) is 14.0. The van der Waals surface area contributed by atoms with Gasteiger partial charge >= 0.3 is 0 Å². The van der Waals surface area contributed by atoms with Gasteiger partial charge in [0.25, 0.3) is 15.9 Å². The van der Waals surface area contributed by atoms with Gasteiger partial charge in [0.05, 0.1) is 4.90 Å². The first kappa shape index (κ1) is 24.4. The molecule has 1 saturated heterocycles. The van der Waals surface area contributed by atoms with E-state index in [1.54, 1.807) is 24.3 Å². The van der Waals surface area contributed by atoms with Gasteiger partial charge in [0.1, 0.15) is 11.9 Å². The predicted molar refractivity (Wildman–Crippen MR) is 128 cm³/mol. The summed E-state index contributed by atoms with van der Waals surface area (Å²) in [5.41, 5.74) is 1.08. The Labute approximate surface area is 195 Å². The number of hydrogen-bond acceptors (Lipinski definition) is 4. The van der Waals surface area contributed by atoms with Crippen LogP contribution in [0.15, 0.2) is 63.9 Å². The van der Waals surface area contributed by atoms with Crippen molar-refractivity contribution in [1.29, 1.82) is 0 Å². The molecule has 2 amide bonds. The molecule has 1 fully saturated rings. The van der Waals surface area contributed by atoms with E-state index in [9.17, 15) is 18.0 Å². The molecule has 2 aromatic carbocycles. The van der Waals surface area contributed by atoms with Crippen molar-refractivity contribution >= 4 is 33.4 Å². The highest BCUT2D eigenvalue weighted by molar-refractivity contribution is 7.90. The van der Waals surface area contributed by atoms with Crippen LogP contribution in [-0.4, -0.2) is 44.6 Å². The topological polar surface area (TPSA) is 108 Å². The normalized spacial score (nSPS) is 16.1. The lowest BCUT2D eigenvalue weighted by molar-refractivity contribution is -0.127. The van der Waals surface area contributed by atoms with E-state index >= 15 is 0 Å². The molecule has 0 aliphatic carbocycles. The second kappa shape index (κ2) is 10.6. The van der Waals surface area contributed by atoms with Gasteiger partial charge in [-0.3, -0.25) is 9.59 Å². The first-order valence-electron chi connectivity index (χ1n) is 11.0. The fourth-order valence-electron chi connectivity index (χ4n) is 3.56. The Bertz CT molecular complexity index is 1110. The molecule has 9 heteroatoms. The zero-order chi connectivity index (χ0) is 24.0. The second-order valence-corrected chi connectivity index (χ2v) is 10.1. The van der Waals surface area contributed by atoms with Crippen LogP contribution < -0.4 is 10.6 Å².